The number of ether oxygens (including phenoxy) is 1. The minimum atomic E-state index is -0.198. The van der Waals surface area contributed by atoms with Gasteiger partial charge in [-0.1, -0.05) is 30.3 Å². The van der Waals surface area contributed by atoms with E-state index in [-0.39, 0.29) is 25.0 Å². The van der Waals surface area contributed by atoms with Crippen LogP contribution < -0.4 is 19.9 Å². The smallest absolute Gasteiger partial charge is 0.265 e. The van der Waals surface area contributed by atoms with Crippen LogP contribution in [0.2, 0.25) is 0 Å². The summed E-state index contributed by atoms with van der Waals surface area (Å²) >= 11 is 0. The van der Waals surface area contributed by atoms with Crippen molar-refractivity contribution in [2.24, 2.45) is 0 Å². The third-order valence-corrected chi connectivity index (χ3v) is 5.35. The van der Waals surface area contributed by atoms with Gasteiger partial charge in [-0.3, -0.25) is 19.4 Å². The highest BCUT2D eigenvalue weighted by molar-refractivity contribution is 6.02. The lowest BCUT2D eigenvalue weighted by atomic mass is 10.2. The average Bonchev–Trinajstić information content (AvgIpc) is 2.77. The van der Waals surface area contributed by atoms with Crippen LogP contribution >= 0.6 is 0 Å². The van der Waals surface area contributed by atoms with Crippen molar-refractivity contribution < 1.29 is 14.3 Å². The van der Waals surface area contributed by atoms with Gasteiger partial charge in [-0.25, -0.2) is 0 Å². The first-order valence-corrected chi connectivity index (χ1v) is 10.0. The summed E-state index contributed by atoms with van der Waals surface area (Å²) in [6.45, 7) is 5.28. The Morgan fingerprint density at radius 3 is 2.48 bits per heavy atom. The molecule has 2 heterocycles. The number of hydrogen-bond acceptors (Lipinski definition) is 5. The number of carbonyl (C=O) groups excluding carboxylic acids is 2. The topological polar surface area (TPSA) is 65.1 Å². The quantitative estimate of drug-likeness (QED) is 0.801. The van der Waals surface area contributed by atoms with Gasteiger partial charge in [0.2, 0.25) is 5.91 Å². The number of rotatable bonds is 6. The largest absolute Gasteiger partial charge is 0.482 e. The minimum Gasteiger partial charge on any atom is -0.482 e. The second-order valence-corrected chi connectivity index (χ2v) is 7.25. The van der Waals surface area contributed by atoms with Gasteiger partial charge in [-0.2, -0.15) is 0 Å². The van der Waals surface area contributed by atoms with Crippen LogP contribution in [-0.2, 0) is 9.59 Å². The number of amides is 2. The molecular weight excluding hydrogens is 368 g/mol. The first-order valence-electron chi connectivity index (χ1n) is 10.0. The summed E-state index contributed by atoms with van der Waals surface area (Å²) in [6, 6.07) is 17.7. The highest BCUT2D eigenvalue weighted by Crippen LogP contribution is 2.31. The van der Waals surface area contributed by atoms with Crippen LogP contribution in [0.5, 0.6) is 5.75 Å². The van der Waals surface area contributed by atoms with Crippen LogP contribution in [0.4, 0.5) is 11.4 Å². The van der Waals surface area contributed by atoms with Gasteiger partial charge < -0.3 is 15.0 Å². The lowest BCUT2D eigenvalue weighted by Gasteiger charge is -2.36. The Balaban J connectivity index is 1.21. The molecule has 2 aromatic carbocycles. The minimum absolute atomic E-state index is 0.0149. The van der Waals surface area contributed by atoms with E-state index < -0.39 is 0 Å². The Morgan fingerprint density at radius 2 is 1.69 bits per heavy atom. The summed E-state index contributed by atoms with van der Waals surface area (Å²) in [7, 11) is 0. The van der Waals surface area contributed by atoms with Crippen molar-refractivity contribution in [2.45, 2.75) is 0 Å². The van der Waals surface area contributed by atoms with E-state index in [0.717, 1.165) is 32.7 Å². The van der Waals surface area contributed by atoms with Gasteiger partial charge in [0.25, 0.3) is 5.91 Å². The third kappa shape index (κ3) is 4.68. The maximum atomic E-state index is 12.4. The molecule has 2 aliphatic rings. The molecule has 0 aliphatic carbocycles. The zero-order valence-electron chi connectivity index (χ0n) is 16.4. The van der Waals surface area contributed by atoms with Crippen LogP contribution in [0.15, 0.2) is 54.6 Å². The van der Waals surface area contributed by atoms with E-state index in [2.05, 4.69) is 39.4 Å². The number of nitrogens with zero attached hydrogens (tertiary/aromatic N) is 3. The Hall–Kier alpha value is -3.06. The molecule has 0 saturated carbocycles. The number of benzene rings is 2. The monoisotopic (exact) mass is 394 g/mol. The molecule has 29 heavy (non-hydrogen) atoms. The molecule has 0 unspecified atom stereocenters. The summed E-state index contributed by atoms with van der Waals surface area (Å²) in [6.07, 6.45) is 0. The van der Waals surface area contributed by atoms with Gasteiger partial charge in [-0.05, 0) is 24.3 Å². The molecule has 1 saturated heterocycles. The predicted molar refractivity (Wildman–Crippen MR) is 112 cm³/mol. The van der Waals surface area contributed by atoms with E-state index in [9.17, 15) is 9.59 Å². The molecule has 2 aromatic rings. The number of nitrogens with one attached hydrogen (secondary N) is 1. The summed E-state index contributed by atoms with van der Waals surface area (Å²) in [5.74, 6) is 0.282. The molecule has 1 N–H and O–H groups in total. The van der Waals surface area contributed by atoms with Crippen molar-refractivity contribution >= 4 is 23.2 Å². The zero-order chi connectivity index (χ0) is 20.1. The van der Waals surface area contributed by atoms with E-state index in [1.54, 1.807) is 6.07 Å². The Kier molecular flexibility index (Phi) is 5.95. The molecule has 1 fully saturated rings. The van der Waals surface area contributed by atoms with Gasteiger partial charge in [0.15, 0.2) is 6.61 Å². The number of piperazine rings is 1. The van der Waals surface area contributed by atoms with Gasteiger partial charge >= 0.3 is 0 Å². The fourth-order valence-corrected chi connectivity index (χ4v) is 3.75. The highest BCUT2D eigenvalue weighted by Gasteiger charge is 2.27. The molecule has 7 heteroatoms. The first-order chi connectivity index (χ1) is 14.2. The van der Waals surface area contributed by atoms with E-state index in [1.165, 1.54) is 10.6 Å². The van der Waals surface area contributed by atoms with E-state index >= 15 is 0 Å². The van der Waals surface area contributed by atoms with Gasteiger partial charge in [0, 0.05) is 45.0 Å². The Labute approximate surface area is 170 Å². The van der Waals surface area contributed by atoms with Crippen molar-refractivity contribution in [3.05, 3.63) is 54.6 Å². The van der Waals surface area contributed by atoms with Crippen LogP contribution in [0, 0.1) is 0 Å². The zero-order valence-corrected chi connectivity index (χ0v) is 16.4. The van der Waals surface area contributed by atoms with E-state index in [0.29, 0.717) is 18.0 Å². The lowest BCUT2D eigenvalue weighted by Crippen LogP contribution is -2.49. The Morgan fingerprint density at radius 1 is 0.966 bits per heavy atom. The van der Waals surface area contributed by atoms with E-state index in [4.69, 9.17) is 4.74 Å². The normalized spacial score (nSPS) is 16.9. The molecule has 0 bridgehead atoms. The molecule has 7 nitrogen and oxygen atoms in total. The highest BCUT2D eigenvalue weighted by atomic mass is 16.5. The maximum absolute atomic E-state index is 12.4. The maximum Gasteiger partial charge on any atom is 0.265 e. The Bertz CT molecular complexity index is 850. The molecule has 0 radical (unpaired) electrons. The number of hydrogen-bond donors (Lipinski definition) is 1. The average molecular weight is 394 g/mol. The molecule has 4 rings (SSSR count). The van der Waals surface area contributed by atoms with Crippen LogP contribution in [-0.4, -0.2) is 69.1 Å². The summed E-state index contributed by atoms with van der Waals surface area (Å²) in [5.41, 5.74) is 1.91. The van der Waals surface area contributed by atoms with Gasteiger partial charge in [-0.15, -0.1) is 0 Å². The lowest BCUT2D eigenvalue weighted by molar-refractivity contribution is -0.125. The van der Waals surface area contributed by atoms with Crippen LogP contribution in [0.1, 0.15) is 0 Å². The van der Waals surface area contributed by atoms with Crippen molar-refractivity contribution in [1.82, 2.24) is 10.2 Å². The standard InChI is InChI=1S/C22H26N4O3/c27-21(16-26-19-8-4-5-9-20(19)29-17-22(26)28)23-10-11-24-12-14-25(15-13-24)18-6-2-1-3-7-18/h1-9H,10-17H2,(H,23,27). The first kappa shape index (κ1) is 19.3. The summed E-state index contributed by atoms with van der Waals surface area (Å²) in [4.78, 5) is 30.8. The third-order valence-electron chi connectivity index (χ3n) is 5.35. The number of carbonyl (C=O) groups is 2. The number of anilines is 2. The fourth-order valence-electron chi connectivity index (χ4n) is 3.75. The van der Waals surface area contributed by atoms with Crippen molar-refractivity contribution in [3.63, 3.8) is 0 Å². The summed E-state index contributed by atoms with van der Waals surface area (Å²) in [5, 5.41) is 2.94. The second kappa shape index (κ2) is 8.96. The molecular formula is C22H26N4O3. The van der Waals surface area contributed by atoms with Crippen molar-refractivity contribution in [2.75, 3.05) is 62.2 Å². The van der Waals surface area contributed by atoms with Crippen molar-refractivity contribution in [1.29, 1.82) is 0 Å². The van der Waals surface area contributed by atoms with Gasteiger partial charge in [0.1, 0.15) is 12.3 Å². The number of para-hydroxylation sites is 3. The molecule has 152 valence electrons. The van der Waals surface area contributed by atoms with Crippen LogP contribution in [0.25, 0.3) is 0 Å². The number of fused-ring (bicyclic) bond motifs is 1. The molecule has 0 spiro atoms. The molecule has 2 aliphatic heterocycles. The van der Waals surface area contributed by atoms with Crippen LogP contribution in [0.3, 0.4) is 0 Å². The predicted octanol–water partition coefficient (Wildman–Crippen LogP) is 1.35. The SMILES string of the molecule is O=C(CN1C(=O)COc2ccccc21)NCCN1CCN(c2ccccc2)CC1. The summed E-state index contributed by atoms with van der Waals surface area (Å²) < 4.78 is 5.42. The fraction of sp³-hybridized carbons (Fsp3) is 0.364. The molecule has 0 aromatic heterocycles. The second-order valence-electron chi connectivity index (χ2n) is 7.25. The van der Waals surface area contributed by atoms with E-state index in [1.807, 2.05) is 24.3 Å². The van der Waals surface area contributed by atoms with Gasteiger partial charge in [0.05, 0.1) is 5.69 Å². The molecule has 0 atom stereocenters. The molecule has 2 amide bonds. The van der Waals surface area contributed by atoms with Crippen molar-refractivity contribution in [3.8, 4) is 5.75 Å².